The van der Waals surface area contributed by atoms with Gasteiger partial charge in [0.15, 0.2) is 0 Å². The first kappa shape index (κ1) is 14.8. The number of aromatic amines is 1. The summed E-state index contributed by atoms with van der Waals surface area (Å²) in [6, 6.07) is 18.6. The third-order valence-electron chi connectivity index (χ3n) is 4.78. The summed E-state index contributed by atoms with van der Waals surface area (Å²) in [5, 5.41) is 10.4. The number of benzene rings is 2. The Morgan fingerprint density at radius 3 is 2.67 bits per heavy atom. The van der Waals surface area contributed by atoms with Gasteiger partial charge in [-0.2, -0.15) is 5.26 Å². The predicted molar refractivity (Wildman–Crippen MR) is 96.9 cm³/mol. The Balaban J connectivity index is 1.42. The molecular weight excluding hydrogens is 296 g/mol. The third kappa shape index (κ3) is 2.86. The lowest BCUT2D eigenvalue weighted by Gasteiger charge is -2.36. The minimum absolute atomic E-state index is 0.730. The fraction of sp³-hybridized carbons (Fsp3) is 0.250. The summed E-state index contributed by atoms with van der Waals surface area (Å²) in [5.74, 6) is 0. The van der Waals surface area contributed by atoms with Gasteiger partial charge >= 0.3 is 0 Å². The Bertz CT molecular complexity index is 882. The van der Waals surface area contributed by atoms with Gasteiger partial charge < -0.3 is 9.88 Å². The molecule has 1 N–H and O–H groups in total. The molecule has 1 aromatic heterocycles. The van der Waals surface area contributed by atoms with Gasteiger partial charge in [0.1, 0.15) is 0 Å². The summed E-state index contributed by atoms with van der Waals surface area (Å²) in [7, 11) is 0. The molecule has 0 unspecified atom stereocenters. The van der Waals surface area contributed by atoms with E-state index in [0.717, 1.165) is 44.0 Å². The Kier molecular flexibility index (Phi) is 3.94. The Labute approximate surface area is 141 Å². The molecule has 3 aromatic rings. The molecule has 4 nitrogen and oxygen atoms in total. The number of rotatable bonds is 3. The van der Waals surface area contributed by atoms with Gasteiger partial charge in [-0.3, -0.25) is 4.90 Å². The van der Waals surface area contributed by atoms with Gasteiger partial charge in [-0.15, -0.1) is 0 Å². The van der Waals surface area contributed by atoms with Crippen molar-refractivity contribution < 1.29 is 0 Å². The van der Waals surface area contributed by atoms with E-state index in [2.05, 4.69) is 57.4 Å². The van der Waals surface area contributed by atoms with Crippen LogP contribution in [0.2, 0.25) is 0 Å². The number of piperazine rings is 1. The number of fused-ring (bicyclic) bond motifs is 1. The highest BCUT2D eigenvalue weighted by molar-refractivity contribution is 5.82. The summed E-state index contributed by atoms with van der Waals surface area (Å²) in [6.07, 6.45) is 2.13. The summed E-state index contributed by atoms with van der Waals surface area (Å²) in [5.41, 5.74) is 4.46. The average molecular weight is 316 g/mol. The standard InChI is InChI=1S/C20H20N4/c21-13-16-4-3-5-18(12-16)24-10-8-23(9-11-24)15-17-14-22-20-7-2-1-6-19(17)20/h1-7,12,14,22H,8-11,15H2. The van der Waals surface area contributed by atoms with Crippen molar-refractivity contribution in [3.05, 3.63) is 65.9 Å². The van der Waals surface area contributed by atoms with Crippen molar-refractivity contribution in [1.29, 1.82) is 5.26 Å². The summed E-state index contributed by atoms with van der Waals surface area (Å²) in [4.78, 5) is 8.23. The van der Waals surface area contributed by atoms with Gasteiger partial charge in [-0.05, 0) is 29.8 Å². The normalized spacial score (nSPS) is 15.5. The van der Waals surface area contributed by atoms with Gasteiger partial charge in [0.05, 0.1) is 11.6 Å². The van der Waals surface area contributed by atoms with E-state index in [1.807, 2.05) is 18.2 Å². The van der Waals surface area contributed by atoms with E-state index >= 15 is 0 Å². The van der Waals surface area contributed by atoms with Crippen LogP contribution in [0.3, 0.4) is 0 Å². The van der Waals surface area contributed by atoms with E-state index in [4.69, 9.17) is 5.26 Å². The summed E-state index contributed by atoms with van der Waals surface area (Å²) >= 11 is 0. The maximum Gasteiger partial charge on any atom is 0.0992 e. The van der Waals surface area contributed by atoms with Crippen LogP contribution in [0.1, 0.15) is 11.1 Å². The fourth-order valence-corrected chi connectivity index (χ4v) is 3.44. The highest BCUT2D eigenvalue weighted by Crippen LogP contribution is 2.22. The van der Waals surface area contributed by atoms with Crippen molar-refractivity contribution in [1.82, 2.24) is 9.88 Å². The van der Waals surface area contributed by atoms with E-state index < -0.39 is 0 Å². The van der Waals surface area contributed by atoms with Gasteiger partial charge in [-0.25, -0.2) is 0 Å². The number of nitrogens with zero attached hydrogens (tertiary/aromatic N) is 3. The zero-order valence-corrected chi connectivity index (χ0v) is 13.6. The van der Waals surface area contributed by atoms with Gasteiger partial charge in [-0.1, -0.05) is 24.3 Å². The van der Waals surface area contributed by atoms with Crippen molar-refractivity contribution in [3.8, 4) is 6.07 Å². The van der Waals surface area contributed by atoms with Crippen LogP contribution in [-0.2, 0) is 6.54 Å². The first-order valence-electron chi connectivity index (χ1n) is 8.36. The van der Waals surface area contributed by atoms with Crippen LogP contribution in [0.5, 0.6) is 0 Å². The molecule has 0 amide bonds. The molecular formula is C20H20N4. The minimum Gasteiger partial charge on any atom is -0.369 e. The molecule has 2 aromatic carbocycles. The van der Waals surface area contributed by atoms with E-state index in [9.17, 15) is 0 Å². The molecule has 4 rings (SSSR count). The van der Waals surface area contributed by atoms with Crippen LogP contribution in [-0.4, -0.2) is 36.1 Å². The monoisotopic (exact) mass is 316 g/mol. The first-order valence-corrected chi connectivity index (χ1v) is 8.36. The lowest BCUT2D eigenvalue weighted by atomic mass is 10.1. The highest BCUT2D eigenvalue weighted by atomic mass is 15.3. The maximum absolute atomic E-state index is 9.05. The second kappa shape index (κ2) is 6.38. The largest absolute Gasteiger partial charge is 0.369 e. The Hall–Kier alpha value is -2.77. The number of nitriles is 1. The zero-order chi connectivity index (χ0) is 16.4. The smallest absolute Gasteiger partial charge is 0.0992 e. The highest BCUT2D eigenvalue weighted by Gasteiger charge is 2.18. The quantitative estimate of drug-likeness (QED) is 0.806. The summed E-state index contributed by atoms with van der Waals surface area (Å²) < 4.78 is 0. The molecule has 0 spiro atoms. The third-order valence-corrected chi connectivity index (χ3v) is 4.78. The number of hydrogen-bond donors (Lipinski definition) is 1. The predicted octanol–water partition coefficient (Wildman–Crippen LogP) is 3.36. The van der Waals surface area contributed by atoms with Crippen LogP contribution in [0.4, 0.5) is 5.69 Å². The molecule has 1 aliphatic rings. The molecule has 1 saturated heterocycles. The van der Waals surface area contributed by atoms with Crippen LogP contribution in [0, 0.1) is 11.3 Å². The van der Waals surface area contributed by atoms with Crippen molar-refractivity contribution in [2.45, 2.75) is 6.54 Å². The molecule has 120 valence electrons. The fourth-order valence-electron chi connectivity index (χ4n) is 3.44. The number of hydrogen-bond acceptors (Lipinski definition) is 3. The second-order valence-corrected chi connectivity index (χ2v) is 6.28. The Morgan fingerprint density at radius 2 is 1.83 bits per heavy atom. The molecule has 0 saturated carbocycles. The van der Waals surface area contributed by atoms with Crippen molar-refractivity contribution >= 4 is 16.6 Å². The van der Waals surface area contributed by atoms with Crippen molar-refractivity contribution in [3.63, 3.8) is 0 Å². The molecule has 24 heavy (non-hydrogen) atoms. The van der Waals surface area contributed by atoms with Crippen LogP contribution in [0.15, 0.2) is 54.7 Å². The minimum atomic E-state index is 0.730. The lowest BCUT2D eigenvalue weighted by Crippen LogP contribution is -2.45. The first-order chi connectivity index (χ1) is 11.8. The molecule has 0 atom stereocenters. The summed E-state index contributed by atoms with van der Waals surface area (Å²) in [6.45, 7) is 5.05. The molecule has 4 heteroatoms. The van der Waals surface area contributed by atoms with E-state index in [1.54, 1.807) is 0 Å². The van der Waals surface area contributed by atoms with E-state index in [-0.39, 0.29) is 0 Å². The van der Waals surface area contributed by atoms with Gasteiger partial charge in [0.25, 0.3) is 0 Å². The number of H-pyrrole nitrogens is 1. The molecule has 1 aliphatic heterocycles. The van der Waals surface area contributed by atoms with Crippen molar-refractivity contribution in [2.24, 2.45) is 0 Å². The molecule has 2 heterocycles. The molecule has 0 radical (unpaired) electrons. The van der Waals surface area contributed by atoms with E-state index in [0.29, 0.717) is 0 Å². The molecule has 1 fully saturated rings. The maximum atomic E-state index is 9.05. The zero-order valence-electron chi connectivity index (χ0n) is 13.6. The van der Waals surface area contributed by atoms with E-state index in [1.165, 1.54) is 16.5 Å². The number of anilines is 1. The van der Waals surface area contributed by atoms with Crippen LogP contribution >= 0.6 is 0 Å². The van der Waals surface area contributed by atoms with Crippen LogP contribution < -0.4 is 4.90 Å². The SMILES string of the molecule is N#Cc1cccc(N2CCN(Cc3c[nH]c4ccccc34)CC2)c1. The van der Waals surface area contributed by atoms with Crippen molar-refractivity contribution in [2.75, 3.05) is 31.1 Å². The lowest BCUT2D eigenvalue weighted by molar-refractivity contribution is 0.250. The average Bonchev–Trinajstić information content (AvgIpc) is 3.05. The number of aromatic nitrogens is 1. The van der Waals surface area contributed by atoms with Gasteiger partial charge in [0.2, 0.25) is 0 Å². The molecule has 0 bridgehead atoms. The molecule has 0 aliphatic carbocycles. The topological polar surface area (TPSA) is 46.1 Å². The number of nitrogens with one attached hydrogen (secondary N) is 1. The second-order valence-electron chi connectivity index (χ2n) is 6.28. The Morgan fingerprint density at radius 1 is 1.00 bits per heavy atom. The van der Waals surface area contributed by atoms with Gasteiger partial charge in [0, 0.05) is 55.5 Å². The van der Waals surface area contributed by atoms with Crippen LogP contribution in [0.25, 0.3) is 10.9 Å². The number of para-hydroxylation sites is 1.